The zero-order valence-electron chi connectivity index (χ0n) is 39.2. The Bertz CT molecular complexity index is 3770. The molecule has 0 amide bonds. The topological polar surface area (TPSA) is 24.3 Å². The summed E-state index contributed by atoms with van der Waals surface area (Å²) >= 11 is 0. The van der Waals surface area contributed by atoms with E-state index in [9.17, 15) is 0 Å². The van der Waals surface area contributed by atoms with E-state index in [2.05, 4.69) is 287 Å². The molecule has 0 saturated carbocycles. The zero-order chi connectivity index (χ0) is 47.1. The summed E-state index contributed by atoms with van der Waals surface area (Å²) in [4.78, 5) is 10.0. The third kappa shape index (κ3) is 7.61. The van der Waals surface area contributed by atoms with Crippen molar-refractivity contribution in [2.75, 3.05) is 16.5 Å². The molecule has 0 fully saturated rings. The first-order chi connectivity index (χ1) is 35.2. The van der Waals surface area contributed by atoms with E-state index in [1.165, 1.54) is 43.9 Å². The minimum atomic E-state index is -3.18. The van der Waals surface area contributed by atoms with Crippen molar-refractivity contribution < 1.29 is 21.1 Å². The van der Waals surface area contributed by atoms with Crippen molar-refractivity contribution in [3.63, 3.8) is 0 Å². The van der Waals surface area contributed by atoms with Gasteiger partial charge in [-0.25, -0.2) is 4.98 Å². The molecule has 6 heteroatoms. The minimum Gasteiger partial charge on any atom is -0.345 e. The molecule has 0 spiro atoms. The van der Waals surface area contributed by atoms with E-state index in [0.29, 0.717) is 6.67 Å². The van der Waals surface area contributed by atoms with Crippen LogP contribution in [-0.4, -0.2) is 24.3 Å². The molecular weight excluding hydrogens is 1070 g/mol. The van der Waals surface area contributed by atoms with Gasteiger partial charge in [-0.1, -0.05) is 199 Å². The van der Waals surface area contributed by atoms with Crippen molar-refractivity contribution in [2.45, 2.75) is 0 Å². The van der Waals surface area contributed by atoms with Crippen molar-refractivity contribution in [2.24, 2.45) is 0 Å². The van der Waals surface area contributed by atoms with Crippen LogP contribution in [-0.2, 0) is 21.1 Å². The molecule has 344 valence electrons. The fourth-order valence-electron chi connectivity index (χ4n) is 11.0. The fraction of sp³-hybridized carbons (Fsp3) is 0.0152. The molecule has 2 aromatic heterocycles. The number of anilines is 4. The molecule has 0 aliphatic carbocycles. The normalized spacial score (nSPS) is 12.2. The maximum absolute atomic E-state index is 5.22. The van der Waals surface area contributed by atoms with Crippen LogP contribution in [0.4, 0.5) is 22.7 Å². The first-order valence-electron chi connectivity index (χ1n) is 24.2. The third-order valence-corrected chi connectivity index (χ3v) is 18.8. The van der Waals surface area contributed by atoms with Gasteiger partial charge in [0.15, 0.2) is 0 Å². The van der Waals surface area contributed by atoms with Crippen LogP contribution in [0.2, 0.25) is 0 Å². The van der Waals surface area contributed by atoms with Crippen LogP contribution in [0.1, 0.15) is 0 Å². The first kappa shape index (κ1) is 44.8. The fourth-order valence-corrected chi connectivity index (χ4v) is 15.6. The molecule has 0 unspecified atom stereocenters. The molecule has 4 nitrogen and oxygen atoms in total. The predicted octanol–water partition coefficient (Wildman–Crippen LogP) is 13.4. The average molecular weight is 1120 g/mol. The number of benzene rings is 10. The average Bonchev–Trinajstić information content (AvgIpc) is 4.01. The number of hydrogen-bond donors (Lipinski definition) is 0. The van der Waals surface area contributed by atoms with Gasteiger partial charge < -0.3 is 14.4 Å². The maximum atomic E-state index is 5.22. The number of pyridine rings is 1. The van der Waals surface area contributed by atoms with Crippen LogP contribution in [0.5, 0.6) is 0 Å². The maximum Gasteiger partial charge on any atom is 2.00 e. The summed E-state index contributed by atoms with van der Waals surface area (Å²) in [5.41, 5.74) is 13.5. The van der Waals surface area contributed by atoms with E-state index in [0.717, 1.165) is 60.6 Å². The number of para-hydroxylation sites is 4. The van der Waals surface area contributed by atoms with E-state index in [-0.39, 0.29) is 21.1 Å². The third-order valence-electron chi connectivity index (χ3n) is 14.2. The molecule has 12 aromatic rings. The van der Waals surface area contributed by atoms with Crippen molar-refractivity contribution in [3.05, 3.63) is 279 Å². The van der Waals surface area contributed by atoms with Crippen LogP contribution in [0.3, 0.4) is 0 Å². The largest absolute Gasteiger partial charge is 2.00 e. The molecule has 3 heterocycles. The van der Waals surface area contributed by atoms with Gasteiger partial charge in [-0.05, 0) is 91.6 Å². The van der Waals surface area contributed by atoms with Gasteiger partial charge in [0.05, 0.1) is 18.0 Å². The van der Waals surface area contributed by atoms with Crippen LogP contribution in [0, 0.1) is 12.1 Å². The summed E-state index contributed by atoms with van der Waals surface area (Å²) in [6.07, 6.45) is 1.97. The number of nitrogens with zero attached hydrogens (tertiary/aromatic N) is 4. The van der Waals surface area contributed by atoms with E-state index < -0.39 is 8.07 Å². The van der Waals surface area contributed by atoms with E-state index in [4.69, 9.17) is 4.98 Å². The summed E-state index contributed by atoms with van der Waals surface area (Å²) in [5.74, 6) is 0.833. The van der Waals surface area contributed by atoms with Gasteiger partial charge in [-0.2, -0.15) is 46.8 Å². The zero-order valence-corrected chi connectivity index (χ0v) is 42.5. The number of aromatic nitrogens is 2. The molecule has 0 N–H and O–H groups in total. The van der Waals surface area contributed by atoms with E-state index in [1.54, 1.807) is 0 Å². The Morgan fingerprint density at radius 1 is 0.417 bits per heavy atom. The Hall–Kier alpha value is -8.34. The molecular formula is C66H46N4PtSi. The van der Waals surface area contributed by atoms with Gasteiger partial charge >= 0.3 is 21.1 Å². The second-order valence-electron chi connectivity index (χ2n) is 18.1. The van der Waals surface area contributed by atoms with E-state index >= 15 is 0 Å². The second-order valence-corrected chi connectivity index (χ2v) is 21.8. The van der Waals surface area contributed by atoms with Crippen LogP contribution in [0.25, 0.3) is 61.0 Å². The molecule has 1 aliphatic heterocycles. The molecule has 10 aromatic carbocycles. The van der Waals surface area contributed by atoms with Gasteiger partial charge in [0.1, 0.15) is 13.9 Å². The molecule has 72 heavy (non-hydrogen) atoms. The van der Waals surface area contributed by atoms with Crippen molar-refractivity contribution in [1.29, 1.82) is 0 Å². The predicted molar refractivity (Wildman–Crippen MR) is 298 cm³/mol. The van der Waals surface area contributed by atoms with Crippen molar-refractivity contribution >= 4 is 73.4 Å². The smallest absolute Gasteiger partial charge is 0.345 e. The Balaban J connectivity index is 0.00000530. The van der Waals surface area contributed by atoms with Crippen LogP contribution < -0.4 is 30.5 Å². The van der Waals surface area contributed by atoms with Crippen molar-refractivity contribution in [1.82, 2.24) is 9.55 Å². The van der Waals surface area contributed by atoms with Gasteiger partial charge in [0, 0.05) is 17.4 Å². The quantitative estimate of drug-likeness (QED) is 0.0775. The summed E-state index contributed by atoms with van der Waals surface area (Å²) in [6, 6.07) is 103. The van der Waals surface area contributed by atoms with E-state index in [1.807, 2.05) is 6.20 Å². The summed E-state index contributed by atoms with van der Waals surface area (Å²) in [7, 11) is -3.18. The number of hydrogen-bond acceptors (Lipinski definition) is 3. The van der Waals surface area contributed by atoms with Gasteiger partial charge in [0.2, 0.25) is 0 Å². The minimum absolute atomic E-state index is 0. The molecule has 0 radical (unpaired) electrons. The molecule has 0 saturated heterocycles. The summed E-state index contributed by atoms with van der Waals surface area (Å²) in [5, 5.41) is 7.11. The molecule has 1 aliphatic rings. The number of rotatable bonds is 10. The molecule has 0 bridgehead atoms. The molecule has 0 atom stereocenters. The van der Waals surface area contributed by atoms with Crippen LogP contribution in [0.15, 0.2) is 267 Å². The number of fused-ring (bicyclic) bond motifs is 4. The SMILES string of the molecule is [Pt+2].[c-]1c(N2CN(c3ccccc3)c3ccccc32)cccc1[Si](c1[c-]c2c(cc1)c1ccccc1n2-c1cc(-c2c(-c3ccccc3)cccc2-c2ccccc2)ccn1)(c1ccccc1)c1ccccc1. The Labute approximate surface area is 436 Å². The Kier molecular flexibility index (Phi) is 11.9. The molecule has 13 rings (SSSR count). The second kappa shape index (κ2) is 19.1. The van der Waals surface area contributed by atoms with Gasteiger partial charge in [0.25, 0.3) is 0 Å². The standard InChI is InChI=1S/C66H46N4Si.Pt/c1-6-22-48(23-7-1)57-35-21-36-58(49-24-8-2-9-25-49)66(57)50-42-43-67-65(44-50)70-61-37-17-16-34-59(61)60-41-40-56(46-64(60)70)71(53-29-12-4-13-30-53,54-31-14-5-15-32-54)55-33-20-28-52(45-55)69-47-68(51-26-10-3-11-27-51)62-38-18-19-39-63(62)69;/h1-44H,47H2;/q-2;+2. The van der Waals surface area contributed by atoms with Gasteiger partial charge in [-0.15, -0.1) is 11.5 Å². The van der Waals surface area contributed by atoms with Crippen LogP contribution >= 0.6 is 0 Å². The summed E-state index contributed by atoms with van der Waals surface area (Å²) < 4.78 is 2.33. The summed E-state index contributed by atoms with van der Waals surface area (Å²) in [6.45, 7) is 0.668. The monoisotopic (exact) mass is 1120 g/mol. The first-order valence-corrected chi connectivity index (χ1v) is 26.2. The van der Waals surface area contributed by atoms with Crippen molar-refractivity contribution in [3.8, 4) is 39.2 Å². The Morgan fingerprint density at radius 2 is 0.958 bits per heavy atom. The van der Waals surface area contributed by atoms with Gasteiger partial charge in [-0.3, -0.25) is 0 Å². The Morgan fingerprint density at radius 3 is 1.61 bits per heavy atom.